The van der Waals surface area contributed by atoms with Gasteiger partial charge in [0.2, 0.25) is 5.95 Å². The number of allylic oxidation sites excluding steroid dienone is 1. The highest BCUT2D eigenvalue weighted by molar-refractivity contribution is 6.04. The number of piperidine rings is 1. The number of anilines is 2. The predicted molar refractivity (Wildman–Crippen MR) is 143 cm³/mol. The molecule has 9 nitrogen and oxygen atoms in total. The van der Waals surface area contributed by atoms with Crippen LogP contribution in [0.5, 0.6) is 0 Å². The molecule has 1 unspecified atom stereocenters. The fourth-order valence-electron chi connectivity index (χ4n) is 5.01. The molecular formula is C28H25F3N8O. The Morgan fingerprint density at radius 1 is 1.20 bits per heavy atom. The molecular weight excluding hydrogens is 521 g/mol. The number of hydrogen-bond acceptors (Lipinski definition) is 7. The number of nitrogen functional groups attached to an aromatic ring is 1. The lowest BCUT2D eigenvalue weighted by Gasteiger charge is -2.31. The van der Waals surface area contributed by atoms with Crippen molar-refractivity contribution in [2.24, 2.45) is 0 Å². The maximum absolute atomic E-state index is 14.4. The summed E-state index contributed by atoms with van der Waals surface area (Å²) in [5.41, 5.74) is 6.16. The van der Waals surface area contributed by atoms with Crippen LogP contribution in [0.1, 0.15) is 52.9 Å². The van der Waals surface area contributed by atoms with Crippen molar-refractivity contribution in [1.82, 2.24) is 24.3 Å². The third kappa shape index (κ3) is 5.18. The molecule has 40 heavy (non-hydrogen) atoms. The van der Waals surface area contributed by atoms with E-state index in [0.29, 0.717) is 17.8 Å². The van der Waals surface area contributed by atoms with Gasteiger partial charge in [-0.25, -0.2) is 15.0 Å². The van der Waals surface area contributed by atoms with Crippen LogP contribution in [0.3, 0.4) is 0 Å². The number of amides is 1. The largest absolute Gasteiger partial charge is 0.417 e. The maximum atomic E-state index is 14.4. The topological polar surface area (TPSA) is 125 Å². The second kappa shape index (κ2) is 10.7. The van der Waals surface area contributed by atoms with Gasteiger partial charge >= 0.3 is 6.18 Å². The highest BCUT2D eigenvalue weighted by Gasteiger charge is 2.36. The van der Waals surface area contributed by atoms with E-state index < -0.39 is 17.6 Å². The molecule has 4 aromatic rings. The molecule has 1 amide bonds. The number of halogens is 3. The third-order valence-corrected chi connectivity index (χ3v) is 6.77. The molecule has 204 valence electrons. The summed E-state index contributed by atoms with van der Waals surface area (Å²) in [5.74, 6) is -0.775. The summed E-state index contributed by atoms with van der Waals surface area (Å²) in [5, 5.41) is 11.5. The van der Waals surface area contributed by atoms with Crippen LogP contribution in [0, 0.1) is 11.3 Å². The summed E-state index contributed by atoms with van der Waals surface area (Å²) in [6.07, 6.45) is 3.72. The van der Waals surface area contributed by atoms with Crippen LogP contribution in [-0.4, -0.2) is 43.2 Å². The van der Waals surface area contributed by atoms with E-state index in [-0.39, 0.29) is 40.2 Å². The zero-order chi connectivity index (χ0) is 28.4. The van der Waals surface area contributed by atoms with Crippen molar-refractivity contribution in [2.75, 3.05) is 24.1 Å². The normalized spacial score (nSPS) is 15.9. The predicted octanol–water partition coefficient (Wildman–Crippen LogP) is 5.23. The molecule has 12 heteroatoms. The zero-order valence-electron chi connectivity index (χ0n) is 21.5. The number of pyridine rings is 1. The molecule has 5 rings (SSSR count). The van der Waals surface area contributed by atoms with Crippen molar-refractivity contribution in [2.45, 2.75) is 31.9 Å². The van der Waals surface area contributed by atoms with Gasteiger partial charge in [-0.15, -0.1) is 0 Å². The fourth-order valence-corrected chi connectivity index (χ4v) is 5.01. The third-order valence-electron chi connectivity index (χ3n) is 6.77. The van der Waals surface area contributed by atoms with E-state index in [1.54, 1.807) is 6.07 Å². The van der Waals surface area contributed by atoms with E-state index >= 15 is 0 Å². The van der Waals surface area contributed by atoms with Gasteiger partial charge in [-0.1, -0.05) is 6.08 Å². The highest BCUT2D eigenvalue weighted by Crippen LogP contribution is 2.40. The Morgan fingerprint density at radius 3 is 2.75 bits per heavy atom. The van der Waals surface area contributed by atoms with Crippen LogP contribution in [0.25, 0.3) is 16.9 Å². The maximum Gasteiger partial charge on any atom is 0.417 e. The van der Waals surface area contributed by atoms with Gasteiger partial charge in [-0.2, -0.15) is 18.4 Å². The monoisotopic (exact) mass is 546 g/mol. The van der Waals surface area contributed by atoms with Gasteiger partial charge < -0.3 is 16.0 Å². The minimum atomic E-state index is -4.80. The van der Waals surface area contributed by atoms with Crippen molar-refractivity contribution >= 4 is 23.2 Å². The van der Waals surface area contributed by atoms with Crippen LogP contribution in [0.4, 0.5) is 24.9 Å². The van der Waals surface area contributed by atoms with Gasteiger partial charge in [0, 0.05) is 42.5 Å². The number of benzene rings is 1. The molecule has 1 aromatic carbocycles. The number of imidazole rings is 1. The molecule has 3 N–H and O–H groups in total. The Hall–Kier alpha value is -4.92. The number of nitriles is 1. The SMILES string of the molecule is CC=CN1CCCC(c2nc(-c3ccc(C(=O)Nc4cc(C#N)ccn4)cc3C(F)(F)F)n3c(N)nccc23)C1. The minimum Gasteiger partial charge on any atom is -0.377 e. The Kier molecular flexibility index (Phi) is 7.13. The van der Waals surface area contributed by atoms with E-state index in [1.807, 2.05) is 25.3 Å². The van der Waals surface area contributed by atoms with Crippen molar-refractivity contribution in [1.29, 1.82) is 5.26 Å². The molecule has 1 aliphatic rings. The van der Waals surface area contributed by atoms with Gasteiger partial charge in [0.05, 0.1) is 28.4 Å². The summed E-state index contributed by atoms with van der Waals surface area (Å²) < 4.78 is 44.7. The fraction of sp³-hybridized carbons (Fsp3) is 0.250. The van der Waals surface area contributed by atoms with Crippen LogP contribution < -0.4 is 11.1 Å². The Balaban J connectivity index is 1.59. The van der Waals surface area contributed by atoms with E-state index in [9.17, 15) is 18.0 Å². The summed E-state index contributed by atoms with van der Waals surface area (Å²) >= 11 is 0. The molecule has 1 atom stereocenters. The standard InChI is InChI=1S/C28H25F3N8O/c1-2-11-38-12-3-4-19(16-38)24-22-8-10-35-27(33)39(22)25(37-24)20-6-5-18(14-21(20)28(29,30)31)26(40)36-23-13-17(15-32)7-9-34-23/h2,5-11,13-14,19H,3-4,12,16H2,1H3,(H2,33,35)(H,34,36,40). The lowest BCUT2D eigenvalue weighted by Crippen LogP contribution is -2.30. The highest BCUT2D eigenvalue weighted by atomic mass is 19.4. The first-order chi connectivity index (χ1) is 19.2. The number of rotatable bonds is 5. The second-order valence-electron chi connectivity index (χ2n) is 9.41. The first-order valence-electron chi connectivity index (χ1n) is 12.6. The van der Waals surface area contributed by atoms with Crippen LogP contribution in [-0.2, 0) is 6.18 Å². The molecule has 0 bridgehead atoms. The second-order valence-corrected chi connectivity index (χ2v) is 9.41. The van der Waals surface area contributed by atoms with Crippen molar-refractivity contribution in [3.05, 3.63) is 83.5 Å². The molecule has 0 saturated carbocycles. The number of nitrogens with one attached hydrogen (secondary N) is 1. The number of likely N-dealkylation sites (tertiary alicyclic amines) is 1. The number of alkyl halides is 3. The molecule has 0 radical (unpaired) electrons. The van der Waals surface area contributed by atoms with Gasteiger partial charge in [0.25, 0.3) is 5.91 Å². The average Bonchev–Trinajstić information content (AvgIpc) is 3.33. The molecule has 0 spiro atoms. The average molecular weight is 547 g/mol. The number of hydrogen-bond donors (Lipinski definition) is 2. The molecule has 3 aromatic heterocycles. The van der Waals surface area contributed by atoms with E-state index in [4.69, 9.17) is 16.0 Å². The summed E-state index contributed by atoms with van der Waals surface area (Å²) in [4.78, 5) is 27.8. The van der Waals surface area contributed by atoms with Crippen molar-refractivity contribution < 1.29 is 18.0 Å². The van der Waals surface area contributed by atoms with E-state index in [2.05, 4.69) is 20.2 Å². The smallest absolute Gasteiger partial charge is 0.377 e. The summed E-state index contributed by atoms with van der Waals surface area (Å²) in [7, 11) is 0. The molecule has 4 heterocycles. The summed E-state index contributed by atoms with van der Waals surface area (Å²) in [6, 6.07) is 9.68. The Labute approximate surface area is 227 Å². The quantitative estimate of drug-likeness (QED) is 0.351. The zero-order valence-corrected chi connectivity index (χ0v) is 21.5. The molecule has 0 aliphatic carbocycles. The van der Waals surface area contributed by atoms with Crippen molar-refractivity contribution in [3.63, 3.8) is 0 Å². The van der Waals surface area contributed by atoms with Crippen molar-refractivity contribution in [3.8, 4) is 17.5 Å². The summed E-state index contributed by atoms with van der Waals surface area (Å²) in [6.45, 7) is 3.49. The molecule has 1 aliphatic heterocycles. The molecule has 1 fully saturated rings. The van der Waals surface area contributed by atoms with Gasteiger partial charge in [0.1, 0.15) is 11.6 Å². The number of nitrogens with zero attached hydrogens (tertiary/aromatic N) is 6. The number of aromatic nitrogens is 4. The van der Waals surface area contributed by atoms with E-state index in [1.165, 1.54) is 41.1 Å². The lowest BCUT2D eigenvalue weighted by molar-refractivity contribution is -0.137. The Bertz CT molecular complexity index is 1650. The number of carbonyl (C=O) groups is 1. The van der Waals surface area contributed by atoms with Gasteiger partial charge in [-0.05, 0) is 62.4 Å². The Morgan fingerprint density at radius 2 is 2.00 bits per heavy atom. The number of nitrogens with two attached hydrogens (primary N) is 1. The number of carbonyl (C=O) groups excluding carboxylic acids is 1. The van der Waals surface area contributed by atoms with Gasteiger partial charge in [-0.3, -0.25) is 9.20 Å². The molecule has 1 saturated heterocycles. The lowest BCUT2D eigenvalue weighted by atomic mass is 9.94. The van der Waals surface area contributed by atoms with Crippen LogP contribution in [0.2, 0.25) is 0 Å². The minimum absolute atomic E-state index is 0.00132. The van der Waals surface area contributed by atoms with Gasteiger partial charge in [0.15, 0.2) is 0 Å². The first-order valence-corrected chi connectivity index (χ1v) is 12.6. The first kappa shape index (κ1) is 26.7. The van der Waals surface area contributed by atoms with E-state index in [0.717, 1.165) is 25.5 Å². The van der Waals surface area contributed by atoms with Crippen LogP contribution >= 0.6 is 0 Å². The van der Waals surface area contributed by atoms with Crippen LogP contribution in [0.15, 0.2) is 61.1 Å². The number of fused-ring (bicyclic) bond motifs is 1.